The first-order chi connectivity index (χ1) is 7.65. The topological polar surface area (TPSA) is 21.3 Å². The summed E-state index contributed by atoms with van der Waals surface area (Å²) in [5, 5.41) is 3.47. The van der Waals surface area contributed by atoms with Crippen molar-refractivity contribution >= 4 is 0 Å². The van der Waals surface area contributed by atoms with Crippen LogP contribution in [0.3, 0.4) is 0 Å². The molecule has 1 N–H and O–H groups in total. The minimum Gasteiger partial charge on any atom is -0.378 e. The van der Waals surface area contributed by atoms with Crippen molar-refractivity contribution in [2.45, 2.75) is 70.4 Å². The molecular formula is C14H29NO. The molecule has 0 aliphatic heterocycles. The van der Waals surface area contributed by atoms with E-state index in [0.29, 0.717) is 6.04 Å². The average Bonchev–Trinajstić information content (AvgIpc) is 2.22. The molecule has 1 fully saturated rings. The third-order valence-corrected chi connectivity index (χ3v) is 4.19. The summed E-state index contributed by atoms with van der Waals surface area (Å²) >= 11 is 0. The van der Waals surface area contributed by atoms with Gasteiger partial charge in [-0.1, -0.05) is 26.7 Å². The van der Waals surface area contributed by atoms with Gasteiger partial charge in [-0.15, -0.1) is 0 Å². The molecular weight excluding hydrogens is 198 g/mol. The zero-order chi connectivity index (χ0) is 12.0. The second-order valence-electron chi connectivity index (χ2n) is 5.56. The predicted octanol–water partition coefficient (Wildman–Crippen LogP) is 3.36. The molecule has 0 aromatic carbocycles. The number of rotatable bonds is 8. The fourth-order valence-corrected chi connectivity index (χ4v) is 2.91. The molecule has 0 heterocycles. The SMILES string of the molecule is CCCC(C)CC(CC1(OC)CCC1)NC. The Morgan fingerprint density at radius 1 is 1.38 bits per heavy atom. The number of hydrogen-bond acceptors (Lipinski definition) is 2. The van der Waals surface area contributed by atoms with Crippen LogP contribution in [0.15, 0.2) is 0 Å². The van der Waals surface area contributed by atoms with Crippen LogP contribution >= 0.6 is 0 Å². The predicted molar refractivity (Wildman–Crippen MR) is 69.7 cm³/mol. The van der Waals surface area contributed by atoms with Crippen LogP contribution in [0, 0.1) is 5.92 Å². The summed E-state index contributed by atoms with van der Waals surface area (Å²) < 4.78 is 5.71. The van der Waals surface area contributed by atoms with E-state index in [1.54, 1.807) is 0 Å². The van der Waals surface area contributed by atoms with Crippen molar-refractivity contribution in [3.8, 4) is 0 Å². The molecule has 16 heavy (non-hydrogen) atoms. The van der Waals surface area contributed by atoms with E-state index in [9.17, 15) is 0 Å². The molecule has 2 heteroatoms. The average molecular weight is 227 g/mol. The molecule has 1 aliphatic rings. The molecule has 0 saturated heterocycles. The fraction of sp³-hybridized carbons (Fsp3) is 1.00. The van der Waals surface area contributed by atoms with Crippen molar-refractivity contribution in [3.63, 3.8) is 0 Å². The van der Waals surface area contributed by atoms with E-state index in [4.69, 9.17) is 4.74 Å². The minimum atomic E-state index is 0.208. The van der Waals surface area contributed by atoms with Crippen molar-refractivity contribution in [3.05, 3.63) is 0 Å². The normalized spacial score (nSPS) is 22.5. The molecule has 2 atom stereocenters. The van der Waals surface area contributed by atoms with E-state index in [1.165, 1.54) is 44.9 Å². The van der Waals surface area contributed by atoms with Crippen molar-refractivity contribution in [2.24, 2.45) is 5.92 Å². The van der Waals surface area contributed by atoms with Gasteiger partial charge in [0.05, 0.1) is 5.60 Å². The van der Waals surface area contributed by atoms with Gasteiger partial charge in [-0.2, -0.15) is 0 Å². The van der Waals surface area contributed by atoms with Gasteiger partial charge in [0, 0.05) is 13.2 Å². The van der Waals surface area contributed by atoms with Crippen LogP contribution in [0.25, 0.3) is 0 Å². The van der Waals surface area contributed by atoms with E-state index in [0.717, 1.165) is 5.92 Å². The maximum absolute atomic E-state index is 5.71. The fourth-order valence-electron chi connectivity index (χ4n) is 2.91. The quantitative estimate of drug-likeness (QED) is 0.686. The number of nitrogens with one attached hydrogen (secondary N) is 1. The Hall–Kier alpha value is -0.0800. The van der Waals surface area contributed by atoms with Crippen LogP contribution in [-0.4, -0.2) is 25.8 Å². The summed E-state index contributed by atoms with van der Waals surface area (Å²) in [4.78, 5) is 0. The smallest absolute Gasteiger partial charge is 0.0693 e. The van der Waals surface area contributed by atoms with Gasteiger partial charge in [0.15, 0.2) is 0 Å². The van der Waals surface area contributed by atoms with Gasteiger partial charge < -0.3 is 10.1 Å². The third kappa shape index (κ3) is 3.74. The highest BCUT2D eigenvalue weighted by Crippen LogP contribution is 2.39. The summed E-state index contributed by atoms with van der Waals surface area (Å²) in [5.41, 5.74) is 0.208. The molecule has 1 rings (SSSR count). The van der Waals surface area contributed by atoms with Gasteiger partial charge >= 0.3 is 0 Å². The lowest BCUT2D eigenvalue weighted by Gasteiger charge is -2.43. The van der Waals surface area contributed by atoms with Crippen LogP contribution in [-0.2, 0) is 4.74 Å². The van der Waals surface area contributed by atoms with Gasteiger partial charge in [0.1, 0.15) is 0 Å². The molecule has 0 aromatic rings. The van der Waals surface area contributed by atoms with Gasteiger partial charge in [0.2, 0.25) is 0 Å². The number of ether oxygens (including phenoxy) is 1. The molecule has 1 saturated carbocycles. The van der Waals surface area contributed by atoms with E-state index in [2.05, 4.69) is 26.2 Å². The van der Waals surface area contributed by atoms with E-state index in [-0.39, 0.29) is 5.60 Å². The molecule has 96 valence electrons. The first-order valence-electron chi connectivity index (χ1n) is 6.88. The highest BCUT2D eigenvalue weighted by Gasteiger charge is 2.38. The van der Waals surface area contributed by atoms with Crippen LogP contribution in [0.1, 0.15) is 58.8 Å². The van der Waals surface area contributed by atoms with E-state index >= 15 is 0 Å². The standard InChI is InChI=1S/C14H29NO/c1-5-7-12(2)10-13(15-3)11-14(16-4)8-6-9-14/h12-13,15H,5-11H2,1-4H3. The molecule has 2 unspecified atom stereocenters. The molecule has 1 aliphatic carbocycles. The second kappa shape index (κ2) is 6.61. The van der Waals surface area contributed by atoms with Crippen molar-refractivity contribution in [1.29, 1.82) is 0 Å². The maximum Gasteiger partial charge on any atom is 0.0693 e. The zero-order valence-corrected chi connectivity index (χ0v) is 11.5. The first-order valence-corrected chi connectivity index (χ1v) is 6.88. The Bertz CT molecular complexity index is 184. The van der Waals surface area contributed by atoms with Gasteiger partial charge in [-0.3, -0.25) is 0 Å². The minimum absolute atomic E-state index is 0.208. The summed E-state index contributed by atoms with van der Waals surface area (Å²) in [6.07, 6.45) is 8.97. The Balaban J connectivity index is 2.36. The molecule has 0 aromatic heterocycles. The van der Waals surface area contributed by atoms with E-state index in [1.807, 2.05) is 7.11 Å². The van der Waals surface area contributed by atoms with E-state index < -0.39 is 0 Å². The van der Waals surface area contributed by atoms with Crippen LogP contribution in [0.2, 0.25) is 0 Å². The second-order valence-corrected chi connectivity index (χ2v) is 5.56. The van der Waals surface area contributed by atoms with Crippen molar-refractivity contribution < 1.29 is 4.74 Å². The zero-order valence-electron chi connectivity index (χ0n) is 11.5. The van der Waals surface area contributed by atoms with Crippen LogP contribution in [0.5, 0.6) is 0 Å². The summed E-state index contributed by atoms with van der Waals surface area (Å²) in [7, 11) is 3.96. The molecule has 0 amide bonds. The molecule has 0 bridgehead atoms. The summed E-state index contributed by atoms with van der Waals surface area (Å²) in [6.45, 7) is 4.64. The van der Waals surface area contributed by atoms with Gasteiger partial charge in [-0.25, -0.2) is 0 Å². The van der Waals surface area contributed by atoms with Crippen LogP contribution < -0.4 is 5.32 Å². The monoisotopic (exact) mass is 227 g/mol. The third-order valence-electron chi connectivity index (χ3n) is 4.19. The number of hydrogen-bond donors (Lipinski definition) is 1. The lowest BCUT2D eigenvalue weighted by Crippen LogP contribution is -2.45. The Morgan fingerprint density at radius 2 is 2.06 bits per heavy atom. The largest absolute Gasteiger partial charge is 0.378 e. The Kier molecular flexibility index (Phi) is 5.77. The summed E-state index contributed by atoms with van der Waals surface area (Å²) in [5.74, 6) is 0.830. The van der Waals surface area contributed by atoms with Crippen LogP contribution in [0.4, 0.5) is 0 Å². The Morgan fingerprint density at radius 3 is 2.44 bits per heavy atom. The highest BCUT2D eigenvalue weighted by molar-refractivity contribution is 4.93. The lowest BCUT2D eigenvalue weighted by molar-refractivity contribution is -0.0841. The van der Waals surface area contributed by atoms with Gasteiger partial charge in [0.25, 0.3) is 0 Å². The maximum atomic E-state index is 5.71. The van der Waals surface area contributed by atoms with Crippen molar-refractivity contribution in [1.82, 2.24) is 5.32 Å². The molecule has 2 nitrogen and oxygen atoms in total. The molecule has 0 radical (unpaired) electrons. The summed E-state index contributed by atoms with van der Waals surface area (Å²) in [6, 6.07) is 0.627. The first kappa shape index (κ1) is 14.0. The molecule has 0 spiro atoms. The Labute approximate surface area is 101 Å². The highest BCUT2D eigenvalue weighted by atomic mass is 16.5. The lowest BCUT2D eigenvalue weighted by atomic mass is 9.74. The van der Waals surface area contributed by atoms with Crippen molar-refractivity contribution in [2.75, 3.05) is 14.2 Å². The number of methoxy groups -OCH3 is 1. The van der Waals surface area contributed by atoms with Gasteiger partial charge in [-0.05, 0) is 45.1 Å².